The van der Waals surface area contributed by atoms with Crippen molar-refractivity contribution in [1.29, 1.82) is 0 Å². The molecule has 0 saturated heterocycles. The highest BCUT2D eigenvalue weighted by atomic mass is 14.9. The minimum atomic E-state index is 0.626. The van der Waals surface area contributed by atoms with E-state index < -0.39 is 0 Å². The molecule has 0 aliphatic heterocycles. The molecule has 0 fully saturated rings. The van der Waals surface area contributed by atoms with Gasteiger partial charge in [0, 0.05) is 18.5 Å². The molecule has 1 nitrogen and oxygen atoms in total. The SMILES string of the molecule is C1=CC(NCC2Cc3ccccc32)CCC1. The van der Waals surface area contributed by atoms with Crippen molar-refractivity contribution in [2.45, 2.75) is 37.6 Å². The van der Waals surface area contributed by atoms with E-state index >= 15 is 0 Å². The molecule has 2 aliphatic rings. The van der Waals surface area contributed by atoms with E-state index in [0.29, 0.717) is 6.04 Å². The van der Waals surface area contributed by atoms with Crippen LogP contribution in [-0.2, 0) is 6.42 Å². The van der Waals surface area contributed by atoms with Crippen molar-refractivity contribution in [1.82, 2.24) is 5.32 Å². The summed E-state index contributed by atoms with van der Waals surface area (Å²) in [7, 11) is 0. The van der Waals surface area contributed by atoms with Crippen molar-refractivity contribution >= 4 is 0 Å². The van der Waals surface area contributed by atoms with Gasteiger partial charge in [-0.3, -0.25) is 0 Å². The van der Waals surface area contributed by atoms with Gasteiger partial charge in [-0.15, -0.1) is 0 Å². The predicted octanol–water partition coefficient (Wildman–Crippen LogP) is 3.02. The Morgan fingerprint density at radius 3 is 3.00 bits per heavy atom. The first kappa shape index (κ1) is 10.1. The molecule has 2 aliphatic carbocycles. The van der Waals surface area contributed by atoms with Gasteiger partial charge >= 0.3 is 0 Å². The van der Waals surface area contributed by atoms with Crippen LogP contribution in [-0.4, -0.2) is 12.6 Å². The summed E-state index contributed by atoms with van der Waals surface area (Å²) in [6.07, 6.45) is 9.84. The van der Waals surface area contributed by atoms with E-state index in [9.17, 15) is 0 Å². The lowest BCUT2D eigenvalue weighted by molar-refractivity contribution is 0.469. The van der Waals surface area contributed by atoms with Crippen LogP contribution in [0.15, 0.2) is 36.4 Å². The summed E-state index contributed by atoms with van der Waals surface area (Å²) in [5, 5.41) is 3.68. The van der Waals surface area contributed by atoms with Crippen LogP contribution in [0, 0.1) is 0 Å². The Hall–Kier alpha value is -1.08. The molecule has 0 spiro atoms. The minimum absolute atomic E-state index is 0.626. The molecule has 0 aromatic heterocycles. The number of rotatable bonds is 3. The molecule has 2 atom stereocenters. The van der Waals surface area contributed by atoms with Crippen LogP contribution >= 0.6 is 0 Å². The first-order chi connectivity index (χ1) is 7.93. The number of hydrogen-bond donors (Lipinski definition) is 1. The predicted molar refractivity (Wildman–Crippen MR) is 67.7 cm³/mol. The Kier molecular flexibility index (Phi) is 2.79. The molecule has 3 rings (SSSR count). The highest BCUT2D eigenvalue weighted by Crippen LogP contribution is 2.34. The summed E-state index contributed by atoms with van der Waals surface area (Å²) >= 11 is 0. The molecule has 2 unspecified atom stereocenters. The quantitative estimate of drug-likeness (QED) is 0.761. The molecule has 1 N–H and O–H groups in total. The van der Waals surface area contributed by atoms with E-state index in [1.54, 1.807) is 11.1 Å². The molecule has 84 valence electrons. The van der Waals surface area contributed by atoms with E-state index in [0.717, 1.165) is 12.5 Å². The van der Waals surface area contributed by atoms with E-state index in [1.165, 1.54) is 25.7 Å². The van der Waals surface area contributed by atoms with Crippen molar-refractivity contribution in [2.75, 3.05) is 6.54 Å². The second-order valence-electron chi connectivity index (χ2n) is 4.97. The Morgan fingerprint density at radius 2 is 2.19 bits per heavy atom. The third kappa shape index (κ3) is 1.92. The van der Waals surface area contributed by atoms with Crippen LogP contribution in [0.25, 0.3) is 0 Å². The average Bonchev–Trinajstić information content (AvgIpc) is 2.32. The minimum Gasteiger partial charge on any atom is -0.310 e. The molecular formula is C15H19N. The van der Waals surface area contributed by atoms with Crippen LogP contribution in [0.1, 0.15) is 36.3 Å². The molecular weight excluding hydrogens is 194 g/mol. The molecule has 0 amide bonds. The number of nitrogens with one attached hydrogen (secondary N) is 1. The van der Waals surface area contributed by atoms with Crippen LogP contribution in [0.5, 0.6) is 0 Å². The first-order valence-corrected chi connectivity index (χ1v) is 6.41. The summed E-state index contributed by atoms with van der Waals surface area (Å²) in [5.41, 5.74) is 3.11. The van der Waals surface area contributed by atoms with Crippen LogP contribution in [0.3, 0.4) is 0 Å². The Bertz CT molecular complexity index is 394. The van der Waals surface area contributed by atoms with Gasteiger partial charge in [-0.1, -0.05) is 36.4 Å². The van der Waals surface area contributed by atoms with E-state index in [-0.39, 0.29) is 0 Å². The van der Waals surface area contributed by atoms with E-state index in [1.807, 2.05) is 0 Å². The summed E-state index contributed by atoms with van der Waals surface area (Å²) in [6.45, 7) is 1.14. The van der Waals surface area contributed by atoms with Gasteiger partial charge in [-0.05, 0) is 36.8 Å². The molecule has 1 heteroatoms. The fraction of sp³-hybridized carbons (Fsp3) is 0.467. The fourth-order valence-corrected chi connectivity index (χ4v) is 2.82. The number of fused-ring (bicyclic) bond motifs is 1. The summed E-state index contributed by atoms with van der Waals surface area (Å²) in [4.78, 5) is 0. The second kappa shape index (κ2) is 4.42. The van der Waals surface area contributed by atoms with Crippen LogP contribution in [0.4, 0.5) is 0 Å². The number of benzene rings is 1. The lowest BCUT2D eigenvalue weighted by atomic mass is 9.77. The molecule has 0 radical (unpaired) electrons. The highest BCUT2D eigenvalue weighted by molar-refractivity contribution is 5.40. The fourth-order valence-electron chi connectivity index (χ4n) is 2.82. The third-order valence-corrected chi connectivity index (χ3v) is 3.84. The molecule has 1 aromatic rings. The van der Waals surface area contributed by atoms with Gasteiger partial charge in [0.1, 0.15) is 0 Å². The largest absolute Gasteiger partial charge is 0.310 e. The van der Waals surface area contributed by atoms with Crippen molar-refractivity contribution in [3.8, 4) is 0 Å². The van der Waals surface area contributed by atoms with Crippen molar-refractivity contribution in [3.63, 3.8) is 0 Å². The lowest BCUT2D eigenvalue weighted by Crippen LogP contribution is -2.35. The number of hydrogen-bond acceptors (Lipinski definition) is 1. The van der Waals surface area contributed by atoms with Gasteiger partial charge in [0.25, 0.3) is 0 Å². The van der Waals surface area contributed by atoms with Gasteiger partial charge < -0.3 is 5.32 Å². The van der Waals surface area contributed by atoms with E-state index in [2.05, 4.69) is 41.7 Å². The van der Waals surface area contributed by atoms with Crippen molar-refractivity contribution in [2.24, 2.45) is 0 Å². The van der Waals surface area contributed by atoms with Crippen LogP contribution < -0.4 is 5.32 Å². The summed E-state index contributed by atoms with van der Waals surface area (Å²) in [5.74, 6) is 0.756. The van der Waals surface area contributed by atoms with Gasteiger partial charge in [0.2, 0.25) is 0 Å². The zero-order valence-corrected chi connectivity index (χ0v) is 9.65. The smallest absolute Gasteiger partial charge is 0.0250 e. The Morgan fingerprint density at radius 1 is 1.25 bits per heavy atom. The van der Waals surface area contributed by atoms with Crippen molar-refractivity contribution < 1.29 is 0 Å². The average molecular weight is 213 g/mol. The normalized spacial score (nSPS) is 27.2. The first-order valence-electron chi connectivity index (χ1n) is 6.41. The zero-order valence-electron chi connectivity index (χ0n) is 9.65. The lowest BCUT2D eigenvalue weighted by Gasteiger charge is -2.31. The zero-order chi connectivity index (χ0) is 10.8. The molecule has 1 aromatic carbocycles. The molecule has 0 saturated carbocycles. The summed E-state index contributed by atoms with van der Waals surface area (Å²) < 4.78 is 0. The number of allylic oxidation sites excluding steroid dienone is 1. The van der Waals surface area contributed by atoms with Crippen molar-refractivity contribution in [3.05, 3.63) is 47.5 Å². The molecule has 0 bridgehead atoms. The standard InChI is InChI=1S/C15H19N/c1-2-7-14(8-3-1)16-11-13-10-12-6-4-5-9-15(12)13/h2,4-7,9,13-14,16H,1,3,8,10-11H2. The maximum atomic E-state index is 3.68. The van der Waals surface area contributed by atoms with Gasteiger partial charge in [-0.2, -0.15) is 0 Å². The van der Waals surface area contributed by atoms with Gasteiger partial charge in [0.05, 0.1) is 0 Å². The molecule has 0 heterocycles. The van der Waals surface area contributed by atoms with E-state index in [4.69, 9.17) is 0 Å². The summed E-state index contributed by atoms with van der Waals surface area (Å²) in [6, 6.07) is 9.47. The second-order valence-corrected chi connectivity index (χ2v) is 4.97. The maximum absolute atomic E-state index is 3.68. The Labute approximate surface area is 97.6 Å². The maximum Gasteiger partial charge on any atom is 0.0250 e. The highest BCUT2D eigenvalue weighted by Gasteiger charge is 2.25. The topological polar surface area (TPSA) is 12.0 Å². The Balaban J connectivity index is 1.54. The van der Waals surface area contributed by atoms with Crippen LogP contribution in [0.2, 0.25) is 0 Å². The third-order valence-electron chi connectivity index (χ3n) is 3.84. The van der Waals surface area contributed by atoms with Gasteiger partial charge in [-0.25, -0.2) is 0 Å². The monoisotopic (exact) mass is 213 g/mol. The molecule has 16 heavy (non-hydrogen) atoms. The van der Waals surface area contributed by atoms with Gasteiger partial charge in [0.15, 0.2) is 0 Å².